The van der Waals surface area contributed by atoms with Gasteiger partial charge in [0.05, 0.1) is 16.7 Å². The highest BCUT2D eigenvalue weighted by Crippen LogP contribution is 2.30. The fourth-order valence-corrected chi connectivity index (χ4v) is 5.32. The first-order chi connectivity index (χ1) is 13.5. The number of carbonyl (C=O) groups is 4. The molecule has 0 bridgehead atoms. The fraction of sp³-hybridized carbons (Fsp3) is 0.556. The van der Waals surface area contributed by atoms with Crippen molar-refractivity contribution in [2.45, 2.75) is 37.0 Å². The standard InChI is InChI=1S/C18H22N4O4S2/c1-27-9-14(23)19-10-7-12-16(24)20-11-4-5-21(15(11)18(26)22(12)8-10)17(25)13-3-2-6-28-13/h2-3,6,10-12,15H,4-5,7-9H2,1H3,(H,19,23)(H,20,24). The average Bonchev–Trinajstić information content (AvgIpc) is 3.39. The summed E-state index contributed by atoms with van der Waals surface area (Å²) in [6.45, 7) is 0.728. The van der Waals surface area contributed by atoms with Gasteiger partial charge in [0.15, 0.2) is 0 Å². The number of amides is 4. The fourth-order valence-electron chi connectivity index (χ4n) is 4.30. The summed E-state index contributed by atoms with van der Waals surface area (Å²) in [4.78, 5) is 54.5. The molecule has 0 radical (unpaired) electrons. The summed E-state index contributed by atoms with van der Waals surface area (Å²) in [6, 6.07) is 1.65. The Bertz CT molecular complexity index is 800. The van der Waals surface area contributed by atoms with Gasteiger partial charge in [-0.05, 0) is 30.5 Å². The number of hydrogen-bond acceptors (Lipinski definition) is 6. The second-order valence-corrected chi connectivity index (χ2v) is 9.08. The molecule has 1 aromatic heterocycles. The molecule has 4 rings (SSSR count). The van der Waals surface area contributed by atoms with Crippen LogP contribution in [0.1, 0.15) is 22.5 Å². The lowest BCUT2D eigenvalue weighted by Gasteiger charge is -2.29. The molecule has 4 atom stereocenters. The Kier molecular flexibility index (Phi) is 5.33. The largest absolute Gasteiger partial charge is 0.351 e. The molecule has 0 spiro atoms. The molecular formula is C18H22N4O4S2. The van der Waals surface area contributed by atoms with Crippen molar-refractivity contribution in [3.05, 3.63) is 22.4 Å². The zero-order valence-corrected chi connectivity index (χ0v) is 17.1. The van der Waals surface area contributed by atoms with Gasteiger partial charge < -0.3 is 20.4 Å². The van der Waals surface area contributed by atoms with Crippen LogP contribution in [-0.2, 0) is 14.4 Å². The van der Waals surface area contributed by atoms with Gasteiger partial charge in [-0.25, -0.2) is 0 Å². The Labute approximate surface area is 171 Å². The van der Waals surface area contributed by atoms with E-state index in [0.29, 0.717) is 36.6 Å². The molecule has 4 amide bonds. The van der Waals surface area contributed by atoms with Crippen LogP contribution in [0.5, 0.6) is 0 Å². The summed E-state index contributed by atoms with van der Waals surface area (Å²) in [5.41, 5.74) is 0. The minimum atomic E-state index is -0.691. The summed E-state index contributed by atoms with van der Waals surface area (Å²) >= 11 is 2.77. The average molecular weight is 423 g/mol. The number of thiophene rings is 1. The molecule has 1 aromatic rings. The Balaban J connectivity index is 1.54. The number of nitrogens with one attached hydrogen (secondary N) is 2. The lowest BCUT2D eigenvalue weighted by molar-refractivity contribution is -0.138. The third-order valence-electron chi connectivity index (χ3n) is 5.50. The maximum absolute atomic E-state index is 13.3. The van der Waals surface area contributed by atoms with Gasteiger partial charge in [-0.3, -0.25) is 19.2 Å². The van der Waals surface area contributed by atoms with Crippen molar-refractivity contribution in [3.63, 3.8) is 0 Å². The molecule has 4 heterocycles. The van der Waals surface area contributed by atoms with Gasteiger partial charge in [0.25, 0.3) is 5.91 Å². The second-order valence-electron chi connectivity index (χ2n) is 7.26. The predicted molar refractivity (Wildman–Crippen MR) is 106 cm³/mol. The monoisotopic (exact) mass is 422 g/mol. The molecule has 8 nitrogen and oxygen atoms in total. The van der Waals surface area contributed by atoms with Crippen LogP contribution in [0.15, 0.2) is 17.5 Å². The molecule has 2 N–H and O–H groups in total. The molecule has 0 aliphatic carbocycles. The molecule has 0 aromatic carbocycles. The van der Waals surface area contributed by atoms with Crippen LogP contribution in [-0.4, -0.2) is 82.7 Å². The molecule has 3 aliphatic heterocycles. The van der Waals surface area contributed by atoms with E-state index in [1.807, 2.05) is 11.6 Å². The van der Waals surface area contributed by atoms with Gasteiger partial charge in [-0.15, -0.1) is 11.3 Å². The highest BCUT2D eigenvalue weighted by molar-refractivity contribution is 7.99. The first-order valence-electron chi connectivity index (χ1n) is 9.23. The Morgan fingerprint density at radius 3 is 2.93 bits per heavy atom. The van der Waals surface area contributed by atoms with E-state index in [9.17, 15) is 19.2 Å². The van der Waals surface area contributed by atoms with Crippen molar-refractivity contribution in [3.8, 4) is 0 Å². The van der Waals surface area contributed by atoms with Crippen molar-refractivity contribution in [2.75, 3.05) is 25.1 Å². The Morgan fingerprint density at radius 1 is 1.39 bits per heavy atom. The van der Waals surface area contributed by atoms with Crippen molar-refractivity contribution in [1.29, 1.82) is 0 Å². The van der Waals surface area contributed by atoms with Gasteiger partial charge in [0.1, 0.15) is 12.1 Å². The van der Waals surface area contributed by atoms with Gasteiger partial charge >= 0.3 is 0 Å². The highest BCUT2D eigenvalue weighted by Gasteiger charge is 2.52. The topological polar surface area (TPSA) is 98.8 Å². The number of nitrogens with zero attached hydrogens (tertiary/aromatic N) is 2. The molecule has 3 aliphatic rings. The summed E-state index contributed by atoms with van der Waals surface area (Å²) in [5, 5.41) is 7.69. The quantitative estimate of drug-likeness (QED) is 0.707. The summed E-state index contributed by atoms with van der Waals surface area (Å²) in [7, 11) is 0. The van der Waals surface area contributed by atoms with Gasteiger partial charge in [-0.2, -0.15) is 11.8 Å². The summed E-state index contributed by atoms with van der Waals surface area (Å²) < 4.78 is 0. The minimum Gasteiger partial charge on any atom is -0.351 e. The van der Waals surface area contributed by atoms with Gasteiger partial charge in [0, 0.05) is 19.1 Å². The maximum atomic E-state index is 13.3. The van der Waals surface area contributed by atoms with Crippen LogP contribution >= 0.6 is 23.1 Å². The lowest BCUT2D eigenvalue weighted by atomic mass is 10.1. The Hall–Kier alpha value is -2.07. The van der Waals surface area contributed by atoms with E-state index >= 15 is 0 Å². The van der Waals surface area contributed by atoms with E-state index < -0.39 is 12.1 Å². The molecule has 0 saturated carbocycles. The number of hydrogen-bond donors (Lipinski definition) is 2. The molecule has 3 saturated heterocycles. The first-order valence-corrected chi connectivity index (χ1v) is 11.5. The highest BCUT2D eigenvalue weighted by atomic mass is 32.2. The summed E-state index contributed by atoms with van der Waals surface area (Å²) in [5.74, 6) is -0.344. The third-order valence-corrected chi connectivity index (χ3v) is 6.91. The molecule has 4 unspecified atom stereocenters. The minimum absolute atomic E-state index is 0.101. The van der Waals surface area contributed by atoms with E-state index in [1.54, 1.807) is 21.9 Å². The van der Waals surface area contributed by atoms with Crippen LogP contribution in [0.25, 0.3) is 0 Å². The van der Waals surface area contributed by atoms with Crippen LogP contribution < -0.4 is 10.6 Å². The zero-order valence-electron chi connectivity index (χ0n) is 15.4. The number of carbonyl (C=O) groups excluding carboxylic acids is 4. The van der Waals surface area contributed by atoms with Crippen molar-refractivity contribution in [2.24, 2.45) is 0 Å². The van der Waals surface area contributed by atoms with Crippen LogP contribution in [0.4, 0.5) is 0 Å². The van der Waals surface area contributed by atoms with Crippen LogP contribution in [0.3, 0.4) is 0 Å². The maximum Gasteiger partial charge on any atom is 0.264 e. The molecular weight excluding hydrogens is 400 g/mol. The smallest absolute Gasteiger partial charge is 0.264 e. The number of thioether (sulfide) groups is 1. The second kappa shape index (κ2) is 7.75. The van der Waals surface area contributed by atoms with Gasteiger partial charge in [0.2, 0.25) is 17.7 Å². The van der Waals surface area contributed by atoms with Crippen molar-refractivity contribution >= 4 is 46.7 Å². The van der Waals surface area contributed by atoms with Crippen molar-refractivity contribution in [1.82, 2.24) is 20.4 Å². The van der Waals surface area contributed by atoms with E-state index in [-0.39, 0.29) is 35.7 Å². The molecule has 10 heteroatoms. The summed E-state index contributed by atoms with van der Waals surface area (Å²) in [6.07, 6.45) is 2.81. The predicted octanol–water partition coefficient (Wildman–Crippen LogP) is -0.0903. The van der Waals surface area contributed by atoms with Gasteiger partial charge in [-0.1, -0.05) is 6.07 Å². The van der Waals surface area contributed by atoms with E-state index in [2.05, 4.69) is 10.6 Å². The molecule has 3 fully saturated rings. The third kappa shape index (κ3) is 3.39. The lowest BCUT2D eigenvalue weighted by Crippen LogP contribution is -2.52. The number of likely N-dealkylation sites (tertiary alicyclic amines) is 1. The normalized spacial score (nSPS) is 29.2. The SMILES string of the molecule is CSCC(=O)NC1CC2C(=O)NC3CCN(C(=O)c4cccs4)C3C(=O)N2C1. The molecule has 150 valence electrons. The Morgan fingerprint density at radius 2 is 2.21 bits per heavy atom. The number of rotatable bonds is 4. The van der Waals surface area contributed by atoms with E-state index in [0.717, 1.165) is 0 Å². The first kappa shape index (κ1) is 19.3. The van der Waals surface area contributed by atoms with E-state index in [1.165, 1.54) is 23.1 Å². The zero-order chi connectivity index (χ0) is 19.8. The van der Waals surface area contributed by atoms with Crippen LogP contribution in [0, 0.1) is 0 Å². The van der Waals surface area contributed by atoms with Crippen LogP contribution in [0.2, 0.25) is 0 Å². The van der Waals surface area contributed by atoms with E-state index in [4.69, 9.17) is 0 Å². The van der Waals surface area contributed by atoms with Crippen molar-refractivity contribution < 1.29 is 19.2 Å². The number of fused-ring (bicyclic) bond motifs is 2. The molecule has 28 heavy (non-hydrogen) atoms.